The summed E-state index contributed by atoms with van der Waals surface area (Å²) in [5, 5.41) is 11.5. The number of hydrogen-bond donors (Lipinski definition) is 1. The minimum absolute atomic E-state index is 0.602. The van der Waals surface area contributed by atoms with E-state index in [0.29, 0.717) is 6.42 Å². The lowest BCUT2D eigenvalue weighted by atomic mass is 10.1. The molecule has 0 fully saturated rings. The molecule has 0 radical (unpaired) electrons. The molecule has 14 heavy (non-hydrogen) atoms. The van der Waals surface area contributed by atoms with Gasteiger partial charge in [0.15, 0.2) is 0 Å². The molecular formula is C12H22N2. The highest BCUT2D eigenvalue weighted by Gasteiger charge is 1.84. The Kier molecular flexibility index (Phi) is 11.5. The first kappa shape index (κ1) is 13.2. The quantitative estimate of drug-likeness (QED) is 0.452. The predicted molar refractivity (Wildman–Crippen MR) is 61.0 cm³/mol. The standard InChI is InChI=1S/C12H22N2/c1-2-3-4-5-6-7-8-11-14-12-9-10-13/h7-8,14H,2-6,9,11-12H2,1H3/b8-7+. The summed E-state index contributed by atoms with van der Waals surface area (Å²) in [7, 11) is 0. The van der Waals surface area contributed by atoms with E-state index in [1.165, 1.54) is 32.1 Å². The van der Waals surface area contributed by atoms with Crippen molar-refractivity contribution in [2.24, 2.45) is 0 Å². The zero-order valence-corrected chi connectivity index (χ0v) is 9.26. The topological polar surface area (TPSA) is 35.8 Å². The summed E-state index contributed by atoms with van der Waals surface area (Å²) in [6.07, 6.45) is 11.5. The Morgan fingerprint density at radius 3 is 2.79 bits per heavy atom. The summed E-state index contributed by atoms with van der Waals surface area (Å²) in [6.45, 7) is 3.93. The maximum absolute atomic E-state index is 8.28. The Morgan fingerprint density at radius 1 is 1.21 bits per heavy atom. The van der Waals surface area contributed by atoms with Crippen molar-refractivity contribution in [1.82, 2.24) is 5.32 Å². The highest BCUT2D eigenvalue weighted by molar-refractivity contribution is 4.84. The SMILES string of the molecule is CCCCCC/C=C/CNCCC#N. The molecule has 0 aromatic heterocycles. The van der Waals surface area contributed by atoms with E-state index in [1.807, 2.05) is 0 Å². The van der Waals surface area contributed by atoms with Crippen molar-refractivity contribution >= 4 is 0 Å². The number of nitriles is 1. The van der Waals surface area contributed by atoms with Crippen LogP contribution in [0.1, 0.15) is 45.4 Å². The van der Waals surface area contributed by atoms with Gasteiger partial charge in [0, 0.05) is 19.5 Å². The van der Waals surface area contributed by atoms with Crippen LogP contribution in [0.4, 0.5) is 0 Å². The number of allylic oxidation sites excluding steroid dienone is 1. The van der Waals surface area contributed by atoms with E-state index in [4.69, 9.17) is 5.26 Å². The molecule has 0 spiro atoms. The largest absolute Gasteiger partial charge is 0.312 e. The van der Waals surface area contributed by atoms with Crippen LogP contribution in [0.5, 0.6) is 0 Å². The Labute approximate surface area is 88.0 Å². The van der Waals surface area contributed by atoms with E-state index < -0.39 is 0 Å². The third-order valence-electron chi connectivity index (χ3n) is 2.07. The molecule has 0 saturated carbocycles. The Bertz CT molecular complexity index is 168. The van der Waals surface area contributed by atoms with E-state index in [0.717, 1.165) is 13.1 Å². The van der Waals surface area contributed by atoms with Crippen molar-refractivity contribution in [2.45, 2.75) is 45.4 Å². The monoisotopic (exact) mass is 194 g/mol. The third kappa shape index (κ3) is 11.2. The summed E-state index contributed by atoms with van der Waals surface area (Å²) in [6, 6.07) is 2.11. The Hall–Kier alpha value is -0.810. The fraction of sp³-hybridized carbons (Fsp3) is 0.750. The van der Waals surface area contributed by atoms with Gasteiger partial charge in [-0.3, -0.25) is 0 Å². The Morgan fingerprint density at radius 2 is 2.07 bits per heavy atom. The highest BCUT2D eigenvalue weighted by Crippen LogP contribution is 2.02. The maximum Gasteiger partial charge on any atom is 0.0635 e. The van der Waals surface area contributed by atoms with Crippen LogP contribution in [0, 0.1) is 11.3 Å². The number of hydrogen-bond acceptors (Lipinski definition) is 2. The van der Waals surface area contributed by atoms with Gasteiger partial charge in [-0.2, -0.15) is 5.26 Å². The van der Waals surface area contributed by atoms with Crippen molar-refractivity contribution in [3.8, 4) is 6.07 Å². The first-order valence-electron chi connectivity index (χ1n) is 5.64. The van der Waals surface area contributed by atoms with Gasteiger partial charge in [-0.15, -0.1) is 0 Å². The second kappa shape index (κ2) is 12.2. The van der Waals surface area contributed by atoms with Gasteiger partial charge in [0.05, 0.1) is 6.07 Å². The third-order valence-corrected chi connectivity index (χ3v) is 2.07. The van der Waals surface area contributed by atoms with Gasteiger partial charge in [0.2, 0.25) is 0 Å². The minimum atomic E-state index is 0.602. The molecule has 2 heteroatoms. The van der Waals surface area contributed by atoms with Crippen LogP contribution in [-0.4, -0.2) is 13.1 Å². The lowest BCUT2D eigenvalue weighted by Gasteiger charge is -1.96. The van der Waals surface area contributed by atoms with Gasteiger partial charge in [0.1, 0.15) is 0 Å². The van der Waals surface area contributed by atoms with Crippen LogP contribution in [-0.2, 0) is 0 Å². The van der Waals surface area contributed by atoms with Crippen LogP contribution in [0.15, 0.2) is 12.2 Å². The lowest BCUT2D eigenvalue weighted by molar-refractivity contribution is 0.673. The van der Waals surface area contributed by atoms with Crippen LogP contribution in [0.3, 0.4) is 0 Å². The molecular weight excluding hydrogens is 172 g/mol. The molecule has 0 aliphatic heterocycles. The van der Waals surface area contributed by atoms with Gasteiger partial charge < -0.3 is 5.32 Å². The molecule has 0 aliphatic rings. The number of nitrogens with zero attached hydrogens (tertiary/aromatic N) is 1. The minimum Gasteiger partial charge on any atom is -0.312 e. The average Bonchev–Trinajstić information content (AvgIpc) is 2.21. The molecule has 0 amide bonds. The van der Waals surface area contributed by atoms with Crippen LogP contribution < -0.4 is 5.32 Å². The van der Waals surface area contributed by atoms with E-state index >= 15 is 0 Å². The fourth-order valence-electron chi connectivity index (χ4n) is 1.22. The van der Waals surface area contributed by atoms with E-state index in [1.54, 1.807) is 0 Å². The lowest BCUT2D eigenvalue weighted by Crippen LogP contribution is -2.14. The number of rotatable bonds is 9. The number of nitrogens with one attached hydrogen (secondary N) is 1. The highest BCUT2D eigenvalue weighted by atomic mass is 14.8. The first-order chi connectivity index (χ1) is 6.91. The van der Waals surface area contributed by atoms with Crippen LogP contribution >= 0.6 is 0 Å². The van der Waals surface area contributed by atoms with Gasteiger partial charge in [-0.1, -0.05) is 38.3 Å². The molecule has 0 aromatic carbocycles. The van der Waals surface area contributed by atoms with Crippen molar-refractivity contribution in [3.63, 3.8) is 0 Å². The summed E-state index contributed by atoms with van der Waals surface area (Å²) in [4.78, 5) is 0. The van der Waals surface area contributed by atoms with Gasteiger partial charge >= 0.3 is 0 Å². The molecule has 0 bridgehead atoms. The molecule has 0 heterocycles. The summed E-state index contributed by atoms with van der Waals surface area (Å²) >= 11 is 0. The Balaban J connectivity index is 3.01. The second-order valence-electron chi connectivity index (χ2n) is 3.43. The van der Waals surface area contributed by atoms with Gasteiger partial charge in [-0.25, -0.2) is 0 Å². The average molecular weight is 194 g/mol. The summed E-state index contributed by atoms with van der Waals surface area (Å²) in [5.41, 5.74) is 0. The second-order valence-corrected chi connectivity index (χ2v) is 3.43. The van der Waals surface area contributed by atoms with Crippen molar-refractivity contribution in [1.29, 1.82) is 5.26 Å². The van der Waals surface area contributed by atoms with Gasteiger partial charge in [-0.05, 0) is 12.8 Å². The van der Waals surface area contributed by atoms with Crippen molar-refractivity contribution < 1.29 is 0 Å². The van der Waals surface area contributed by atoms with Crippen LogP contribution in [0.25, 0.3) is 0 Å². The molecule has 1 N–H and O–H groups in total. The van der Waals surface area contributed by atoms with E-state index in [9.17, 15) is 0 Å². The van der Waals surface area contributed by atoms with Crippen molar-refractivity contribution in [3.05, 3.63) is 12.2 Å². The molecule has 0 aromatic rings. The zero-order valence-electron chi connectivity index (χ0n) is 9.26. The molecule has 0 unspecified atom stereocenters. The zero-order chi connectivity index (χ0) is 10.5. The van der Waals surface area contributed by atoms with Crippen molar-refractivity contribution in [2.75, 3.05) is 13.1 Å². The molecule has 0 aliphatic carbocycles. The summed E-state index contributed by atoms with van der Waals surface area (Å²) < 4.78 is 0. The molecule has 0 rings (SSSR count). The first-order valence-corrected chi connectivity index (χ1v) is 5.64. The van der Waals surface area contributed by atoms with E-state index in [2.05, 4.69) is 30.5 Å². The number of unbranched alkanes of at least 4 members (excludes halogenated alkanes) is 4. The molecule has 2 nitrogen and oxygen atoms in total. The molecule has 0 saturated heterocycles. The maximum atomic E-state index is 8.28. The smallest absolute Gasteiger partial charge is 0.0635 e. The predicted octanol–water partition coefficient (Wildman–Crippen LogP) is 3.02. The van der Waals surface area contributed by atoms with E-state index in [-0.39, 0.29) is 0 Å². The molecule has 0 atom stereocenters. The fourth-order valence-corrected chi connectivity index (χ4v) is 1.22. The van der Waals surface area contributed by atoms with Crippen LogP contribution in [0.2, 0.25) is 0 Å². The normalized spacial score (nSPS) is 10.6. The molecule has 80 valence electrons. The summed E-state index contributed by atoms with van der Waals surface area (Å²) in [5.74, 6) is 0. The van der Waals surface area contributed by atoms with Gasteiger partial charge in [0.25, 0.3) is 0 Å².